The van der Waals surface area contributed by atoms with Gasteiger partial charge in [0.05, 0.1) is 5.69 Å². The van der Waals surface area contributed by atoms with Crippen molar-refractivity contribution in [2.24, 2.45) is 5.41 Å². The lowest BCUT2D eigenvalue weighted by atomic mass is 9.92. The molecule has 1 atom stereocenters. The van der Waals surface area contributed by atoms with Gasteiger partial charge >= 0.3 is 0 Å². The van der Waals surface area contributed by atoms with Crippen LogP contribution in [0.4, 0.5) is 0 Å². The third-order valence-electron chi connectivity index (χ3n) is 4.19. The van der Waals surface area contributed by atoms with Crippen molar-refractivity contribution in [1.82, 2.24) is 14.7 Å². The first-order chi connectivity index (χ1) is 8.73. The summed E-state index contributed by atoms with van der Waals surface area (Å²) in [6.07, 6.45) is 9.30. The monoisotopic (exact) mass is 263 g/mol. The minimum absolute atomic E-state index is 0.471. The Hall–Kier alpha value is -0.870. The molecule has 2 aromatic heterocycles. The van der Waals surface area contributed by atoms with Gasteiger partial charge in [-0.25, -0.2) is 4.98 Å². The van der Waals surface area contributed by atoms with Crippen molar-refractivity contribution >= 4 is 16.3 Å². The van der Waals surface area contributed by atoms with Gasteiger partial charge in [-0.1, -0.05) is 6.92 Å². The summed E-state index contributed by atoms with van der Waals surface area (Å²) >= 11 is 1.71. The fourth-order valence-electron chi connectivity index (χ4n) is 2.72. The molecule has 1 saturated carbocycles. The van der Waals surface area contributed by atoms with Crippen LogP contribution in [0.15, 0.2) is 17.8 Å². The lowest BCUT2D eigenvalue weighted by molar-refractivity contribution is 0.348. The van der Waals surface area contributed by atoms with Crippen molar-refractivity contribution in [1.29, 1.82) is 0 Å². The predicted octanol–water partition coefficient (Wildman–Crippen LogP) is 3.11. The van der Waals surface area contributed by atoms with E-state index in [0.29, 0.717) is 11.5 Å². The van der Waals surface area contributed by atoms with E-state index >= 15 is 0 Å². The van der Waals surface area contributed by atoms with Crippen molar-refractivity contribution in [2.45, 2.75) is 45.6 Å². The van der Waals surface area contributed by atoms with Gasteiger partial charge in [0, 0.05) is 23.8 Å². The highest BCUT2D eigenvalue weighted by Gasteiger charge is 2.47. The molecule has 0 saturated heterocycles. The quantitative estimate of drug-likeness (QED) is 0.867. The molecule has 0 radical (unpaired) electrons. The van der Waals surface area contributed by atoms with Crippen LogP contribution in [0, 0.1) is 5.41 Å². The SMILES string of the molecule is CCCNC(C)C1(Cc2cn3ccsc3n2)CC1. The minimum atomic E-state index is 0.471. The number of fused-ring (bicyclic) bond motifs is 1. The highest BCUT2D eigenvalue weighted by atomic mass is 32.1. The van der Waals surface area contributed by atoms with Gasteiger partial charge in [-0.05, 0) is 44.6 Å². The first kappa shape index (κ1) is 12.2. The van der Waals surface area contributed by atoms with Gasteiger partial charge in [0.25, 0.3) is 0 Å². The summed E-state index contributed by atoms with van der Waals surface area (Å²) in [6, 6.07) is 0.609. The van der Waals surface area contributed by atoms with Crippen molar-refractivity contribution in [2.75, 3.05) is 6.54 Å². The summed E-state index contributed by atoms with van der Waals surface area (Å²) in [4.78, 5) is 5.83. The van der Waals surface area contributed by atoms with E-state index in [2.05, 4.69) is 41.3 Å². The van der Waals surface area contributed by atoms with Gasteiger partial charge in [-0.15, -0.1) is 11.3 Å². The molecule has 0 spiro atoms. The Bertz CT molecular complexity index is 495. The molecule has 2 heterocycles. The summed E-state index contributed by atoms with van der Waals surface area (Å²) in [7, 11) is 0. The number of imidazole rings is 1. The van der Waals surface area contributed by atoms with Crippen LogP contribution in [0.2, 0.25) is 0 Å². The minimum Gasteiger partial charge on any atom is -0.314 e. The topological polar surface area (TPSA) is 29.3 Å². The zero-order valence-corrected chi connectivity index (χ0v) is 12.0. The third kappa shape index (κ3) is 2.19. The number of aromatic nitrogens is 2. The lowest BCUT2D eigenvalue weighted by Crippen LogP contribution is -2.36. The maximum absolute atomic E-state index is 4.71. The average Bonchev–Trinajstić information content (AvgIpc) is 2.83. The maximum Gasteiger partial charge on any atom is 0.193 e. The largest absolute Gasteiger partial charge is 0.314 e. The lowest BCUT2D eigenvalue weighted by Gasteiger charge is -2.23. The second kappa shape index (κ2) is 4.67. The van der Waals surface area contributed by atoms with Crippen molar-refractivity contribution < 1.29 is 0 Å². The Balaban J connectivity index is 1.69. The fourth-order valence-corrected chi connectivity index (χ4v) is 3.44. The van der Waals surface area contributed by atoms with Crippen molar-refractivity contribution in [3.8, 4) is 0 Å². The van der Waals surface area contributed by atoms with Crippen LogP contribution in [-0.2, 0) is 6.42 Å². The molecule has 1 N–H and O–H groups in total. The molecule has 1 aliphatic carbocycles. The van der Waals surface area contributed by atoms with Crippen molar-refractivity contribution in [3.05, 3.63) is 23.5 Å². The highest BCUT2D eigenvalue weighted by molar-refractivity contribution is 7.15. The molecular weight excluding hydrogens is 242 g/mol. The third-order valence-corrected chi connectivity index (χ3v) is 4.96. The Morgan fingerprint density at radius 1 is 1.56 bits per heavy atom. The first-order valence-electron chi connectivity index (χ1n) is 6.88. The summed E-state index contributed by atoms with van der Waals surface area (Å²) < 4.78 is 2.14. The molecule has 1 aliphatic rings. The molecule has 3 nitrogen and oxygen atoms in total. The van der Waals surface area contributed by atoms with Crippen LogP contribution in [0.25, 0.3) is 4.96 Å². The Kier molecular flexibility index (Phi) is 3.16. The number of hydrogen-bond donors (Lipinski definition) is 1. The normalized spacial score (nSPS) is 19.2. The van der Waals surface area contributed by atoms with Crippen LogP contribution >= 0.6 is 11.3 Å². The van der Waals surface area contributed by atoms with E-state index in [-0.39, 0.29) is 0 Å². The van der Waals surface area contributed by atoms with Crippen LogP contribution in [0.5, 0.6) is 0 Å². The van der Waals surface area contributed by atoms with Gasteiger partial charge in [-0.2, -0.15) is 0 Å². The van der Waals surface area contributed by atoms with E-state index < -0.39 is 0 Å². The molecule has 0 aliphatic heterocycles. The summed E-state index contributed by atoms with van der Waals surface area (Å²) in [6.45, 7) is 5.69. The highest BCUT2D eigenvalue weighted by Crippen LogP contribution is 2.51. The van der Waals surface area contributed by atoms with Crippen LogP contribution < -0.4 is 5.32 Å². The number of nitrogens with zero attached hydrogens (tertiary/aromatic N) is 2. The number of hydrogen-bond acceptors (Lipinski definition) is 3. The van der Waals surface area contributed by atoms with Gasteiger partial charge < -0.3 is 5.32 Å². The summed E-state index contributed by atoms with van der Waals surface area (Å²) in [5.41, 5.74) is 1.73. The van der Waals surface area contributed by atoms with Gasteiger partial charge in [-0.3, -0.25) is 4.40 Å². The standard InChI is InChI=1S/C14H21N3S/c1-3-6-15-11(2)14(4-5-14)9-12-10-17-7-8-18-13(17)16-12/h7-8,10-11,15H,3-6,9H2,1-2H3. The zero-order valence-electron chi connectivity index (χ0n) is 11.1. The molecule has 0 amide bonds. The van der Waals surface area contributed by atoms with Gasteiger partial charge in [0.2, 0.25) is 0 Å². The molecular formula is C14H21N3S. The van der Waals surface area contributed by atoms with Gasteiger partial charge in [0.1, 0.15) is 0 Å². The Morgan fingerprint density at radius 3 is 3.06 bits per heavy atom. The molecule has 0 bridgehead atoms. The van der Waals surface area contributed by atoms with E-state index in [1.54, 1.807) is 11.3 Å². The second-order valence-corrected chi connectivity index (χ2v) is 6.41. The summed E-state index contributed by atoms with van der Waals surface area (Å²) in [5, 5.41) is 5.74. The smallest absolute Gasteiger partial charge is 0.193 e. The van der Waals surface area contributed by atoms with Crippen LogP contribution in [0.3, 0.4) is 0 Å². The first-order valence-corrected chi connectivity index (χ1v) is 7.76. The molecule has 3 rings (SSSR count). The van der Waals surface area contributed by atoms with E-state index in [9.17, 15) is 0 Å². The number of thiazole rings is 1. The van der Waals surface area contributed by atoms with Crippen LogP contribution in [0.1, 0.15) is 38.8 Å². The van der Waals surface area contributed by atoms with E-state index in [0.717, 1.165) is 17.9 Å². The number of rotatable bonds is 6. The maximum atomic E-state index is 4.71. The zero-order chi connectivity index (χ0) is 12.6. The Morgan fingerprint density at radius 2 is 2.39 bits per heavy atom. The molecule has 18 heavy (non-hydrogen) atoms. The second-order valence-electron chi connectivity index (χ2n) is 5.54. The molecule has 98 valence electrons. The molecule has 1 unspecified atom stereocenters. The molecule has 0 aromatic carbocycles. The predicted molar refractivity (Wildman–Crippen MR) is 76.2 cm³/mol. The van der Waals surface area contributed by atoms with E-state index in [1.807, 2.05) is 0 Å². The molecule has 1 fully saturated rings. The van der Waals surface area contributed by atoms with Gasteiger partial charge in [0.15, 0.2) is 4.96 Å². The van der Waals surface area contributed by atoms with Crippen LogP contribution in [-0.4, -0.2) is 22.0 Å². The van der Waals surface area contributed by atoms with E-state index in [4.69, 9.17) is 4.98 Å². The fraction of sp³-hybridized carbons (Fsp3) is 0.643. The number of nitrogens with one attached hydrogen (secondary N) is 1. The Labute approximate surface area is 112 Å². The van der Waals surface area contributed by atoms with Crippen molar-refractivity contribution in [3.63, 3.8) is 0 Å². The molecule has 4 heteroatoms. The summed E-state index contributed by atoms with van der Waals surface area (Å²) in [5.74, 6) is 0. The van der Waals surface area contributed by atoms with E-state index in [1.165, 1.54) is 25.0 Å². The molecule has 2 aromatic rings. The average molecular weight is 263 g/mol.